The molecule has 0 saturated carbocycles. The third kappa shape index (κ3) is 3.38. The van der Waals surface area contributed by atoms with E-state index in [1.54, 1.807) is 4.68 Å². The van der Waals surface area contributed by atoms with Gasteiger partial charge in [0.15, 0.2) is 0 Å². The van der Waals surface area contributed by atoms with Gasteiger partial charge in [-0.3, -0.25) is 9.48 Å². The molecular formula is C20H25FN4O. The zero-order chi connectivity index (χ0) is 18.1. The van der Waals surface area contributed by atoms with E-state index in [-0.39, 0.29) is 29.6 Å². The molecule has 2 aliphatic heterocycles. The number of aryl methyl sites for hydroxylation is 1. The molecule has 5 nitrogen and oxygen atoms in total. The molecule has 2 aliphatic rings. The number of aromatic nitrogens is 2. The first-order valence-electron chi connectivity index (χ1n) is 9.36. The average molecular weight is 356 g/mol. The Morgan fingerprint density at radius 3 is 2.85 bits per heavy atom. The van der Waals surface area contributed by atoms with Crippen LogP contribution >= 0.6 is 0 Å². The monoisotopic (exact) mass is 356 g/mol. The average Bonchev–Trinajstić information content (AvgIpc) is 3.36. The number of carbonyl (C=O) groups is 1. The van der Waals surface area contributed by atoms with Gasteiger partial charge in [-0.2, -0.15) is 5.10 Å². The van der Waals surface area contributed by atoms with Gasteiger partial charge in [-0.05, 0) is 42.5 Å². The molecule has 3 heterocycles. The Morgan fingerprint density at radius 1 is 1.31 bits per heavy atom. The molecule has 3 atom stereocenters. The van der Waals surface area contributed by atoms with Crippen molar-refractivity contribution in [3.63, 3.8) is 0 Å². The van der Waals surface area contributed by atoms with Gasteiger partial charge in [0.2, 0.25) is 5.91 Å². The Balaban J connectivity index is 1.48. The van der Waals surface area contributed by atoms with Crippen molar-refractivity contribution in [1.82, 2.24) is 20.0 Å². The summed E-state index contributed by atoms with van der Waals surface area (Å²) >= 11 is 0. The summed E-state index contributed by atoms with van der Waals surface area (Å²) in [6.07, 6.45) is 6.73. The Labute approximate surface area is 153 Å². The maximum atomic E-state index is 13.3. The van der Waals surface area contributed by atoms with Gasteiger partial charge in [-0.1, -0.05) is 12.1 Å². The van der Waals surface area contributed by atoms with Crippen LogP contribution in [0.4, 0.5) is 4.39 Å². The molecule has 4 rings (SSSR count). The molecule has 1 unspecified atom stereocenters. The highest BCUT2D eigenvalue weighted by Gasteiger charge is 2.40. The minimum atomic E-state index is -0.218. The molecule has 0 spiro atoms. The molecule has 0 radical (unpaired) electrons. The van der Waals surface area contributed by atoms with Gasteiger partial charge < -0.3 is 10.2 Å². The summed E-state index contributed by atoms with van der Waals surface area (Å²) < 4.78 is 14.9. The fourth-order valence-corrected chi connectivity index (χ4v) is 4.36. The van der Waals surface area contributed by atoms with Gasteiger partial charge in [0.25, 0.3) is 0 Å². The largest absolute Gasteiger partial charge is 0.339 e. The second-order valence-corrected chi connectivity index (χ2v) is 7.48. The SMILES string of the molecule is Cn1cc([C@H]2CNC[C@@H]2C(=O)N2CCCC2Cc2ccc(F)cc2)cn1. The van der Waals surface area contributed by atoms with Crippen molar-refractivity contribution >= 4 is 5.91 Å². The third-order valence-corrected chi connectivity index (χ3v) is 5.73. The van der Waals surface area contributed by atoms with E-state index in [2.05, 4.69) is 15.3 Å². The second kappa shape index (κ2) is 7.19. The molecule has 1 aromatic carbocycles. The highest BCUT2D eigenvalue weighted by Crippen LogP contribution is 2.32. The molecule has 1 aromatic heterocycles. The van der Waals surface area contributed by atoms with E-state index in [9.17, 15) is 9.18 Å². The van der Waals surface area contributed by atoms with E-state index in [1.807, 2.05) is 31.6 Å². The first-order chi connectivity index (χ1) is 12.6. The van der Waals surface area contributed by atoms with Gasteiger partial charge >= 0.3 is 0 Å². The van der Waals surface area contributed by atoms with Crippen LogP contribution in [0.15, 0.2) is 36.7 Å². The quantitative estimate of drug-likeness (QED) is 0.913. The highest BCUT2D eigenvalue weighted by molar-refractivity contribution is 5.81. The van der Waals surface area contributed by atoms with E-state index >= 15 is 0 Å². The number of benzene rings is 1. The smallest absolute Gasteiger partial charge is 0.227 e. The van der Waals surface area contributed by atoms with Crippen molar-refractivity contribution in [2.45, 2.75) is 31.2 Å². The van der Waals surface area contributed by atoms with Crippen molar-refractivity contribution < 1.29 is 9.18 Å². The second-order valence-electron chi connectivity index (χ2n) is 7.48. The van der Waals surface area contributed by atoms with E-state index in [1.165, 1.54) is 12.1 Å². The lowest BCUT2D eigenvalue weighted by atomic mass is 9.89. The van der Waals surface area contributed by atoms with E-state index < -0.39 is 0 Å². The topological polar surface area (TPSA) is 50.2 Å². The number of nitrogens with zero attached hydrogens (tertiary/aromatic N) is 3. The van der Waals surface area contributed by atoms with E-state index in [0.717, 1.165) is 50.0 Å². The lowest BCUT2D eigenvalue weighted by Gasteiger charge is -2.29. The lowest BCUT2D eigenvalue weighted by Crippen LogP contribution is -2.42. The molecule has 1 N–H and O–H groups in total. The predicted octanol–water partition coefficient (Wildman–Crippen LogP) is 2.10. The molecule has 0 bridgehead atoms. The maximum absolute atomic E-state index is 13.3. The van der Waals surface area contributed by atoms with Crippen LogP contribution in [0.3, 0.4) is 0 Å². The molecule has 2 aromatic rings. The Bertz CT molecular complexity index is 772. The van der Waals surface area contributed by atoms with E-state index in [0.29, 0.717) is 0 Å². The van der Waals surface area contributed by atoms with Crippen LogP contribution in [0.5, 0.6) is 0 Å². The first-order valence-corrected chi connectivity index (χ1v) is 9.36. The molecule has 26 heavy (non-hydrogen) atoms. The summed E-state index contributed by atoms with van der Waals surface area (Å²) in [5.41, 5.74) is 2.22. The van der Waals surface area contributed by atoms with Crippen molar-refractivity contribution in [2.75, 3.05) is 19.6 Å². The first kappa shape index (κ1) is 17.2. The molecule has 1 amide bonds. The van der Waals surface area contributed by atoms with Crippen LogP contribution in [0.25, 0.3) is 0 Å². The zero-order valence-electron chi connectivity index (χ0n) is 15.1. The number of carbonyl (C=O) groups excluding carboxylic acids is 1. The lowest BCUT2D eigenvalue weighted by molar-refractivity contribution is -0.136. The van der Waals surface area contributed by atoms with Crippen molar-refractivity contribution in [1.29, 1.82) is 0 Å². The fourth-order valence-electron chi connectivity index (χ4n) is 4.36. The van der Waals surface area contributed by atoms with Gasteiger partial charge in [0.05, 0.1) is 12.1 Å². The summed E-state index contributed by atoms with van der Waals surface area (Å²) in [4.78, 5) is 15.4. The Kier molecular flexibility index (Phi) is 4.76. The van der Waals surface area contributed by atoms with Crippen molar-refractivity contribution in [3.8, 4) is 0 Å². The number of rotatable bonds is 4. The summed E-state index contributed by atoms with van der Waals surface area (Å²) in [5, 5.41) is 7.64. The molecule has 0 aliphatic carbocycles. The summed E-state index contributed by atoms with van der Waals surface area (Å²) in [7, 11) is 1.90. The Hall–Kier alpha value is -2.21. The molecule has 6 heteroatoms. The molecule has 2 fully saturated rings. The predicted molar refractivity (Wildman–Crippen MR) is 97.1 cm³/mol. The zero-order valence-corrected chi connectivity index (χ0v) is 15.1. The number of likely N-dealkylation sites (tertiary alicyclic amines) is 1. The highest BCUT2D eigenvalue weighted by atomic mass is 19.1. The molecule has 2 saturated heterocycles. The maximum Gasteiger partial charge on any atom is 0.227 e. The Morgan fingerprint density at radius 2 is 2.12 bits per heavy atom. The summed E-state index contributed by atoms with van der Waals surface area (Å²) in [6.45, 7) is 2.36. The van der Waals surface area contributed by atoms with Gasteiger partial charge in [-0.25, -0.2) is 4.39 Å². The molecular weight excluding hydrogens is 331 g/mol. The standard InChI is InChI=1S/C20H25FN4O/c1-24-13-15(10-23-24)18-11-22-12-19(18)20(26)25-8-2-3-17(25)9-14-4-6-16(21)7-5-14/h4-7,10,13,17-19,22H,2-3,8-9,11-12H2,1H3/t17?,18-,19+/m1/s1. The van der Waals surface area contributed by atoms with E-state index in [4.69, 9.17) is 0 Å². The number of hydrogen-bond donors (Lipinski definition) is 1. The van der Waals surface area contributed by atoms with Crippen LogP contribution < -0.4 is 5.32 Å². The number of amides is 1. The van der Waals surface area contributed by atoms with Crippen molar-refractivity contribution in [2.24, 2.45) is 13.0 Å². The van der Waals surface area contributed by atoms with Crippen LogP contribution in [0, 0.1) is 11.7 Å². The van der Waals surface area contributed by atoms with Gasteiger partial charge in [0, 0.05) is 44.8 Å². The van der Waals surface area contributed by atoms with Crippen LogP contribution in [0.2, 0.25) is 0 Å². The number of hydrogen-bond acceptors (Lipinski definition) is 3. The van der Waals surface area contributed by atoms with Gasteiger partial charge in [0.1, 0.15) is 5.82 Å². The summed E-state index contributed by atoms with van der Waals surface area (Å²) in [6, 6.07) is 6.85. The van der Waals surface area contributed by atoms with Crippen molar-refractivity contribution in [3.05, 3.63) is 53.6 Å². The van der Waals surface area contributed by atoms with Gasteiger partial charge in [-0.15, -0.1) is 0 Å². The minimum absolute atomic E-state index is 0.0342. The normalized spacial score (nSPS) is 25.8. The number of nitrogens with one attached hydrogen (secondary N) is 1. The fraction of sp³-hybridized carbons (Fsp3) is 0.500. The van der Waals surface area contributed by atoms with Crippen LogP contribution in [0.1, 0.15) is 29.9 Å². The van der Waals surface area contributed by atoms with Crippen LogP contribution in [-0.2, 0) is 18.3 Å². The molecule has 138 valence electrons. The summed E-state index contributed by atoms with van der Waals surface area (Å²) in [5.74, 6) is 0.175. The number of halogens is 1. The third-order valence-electron chi connectivity index (χ3n) is 5.73. The van der Waals surface area contributed by atoms with Crippen LogP contribution in [-0.4, -0.2) is 46.3 Å². The minimum Gasteiger partial charge on any atom is -0.339 e.